The predicted molar refractivity (Wildman–Crippen MR) is 66.7 cm³/mol. The van der Waals surface area contributed by atoms with Gasteiger partial charge in [0.2, 0.25) is 0 Å². The molecule has 0 fully saturated rings. The minimum atomic E-state index is 0.0721. The zero-order valence-corrected chi connectivity index (χ0v) is 10.9. The lowest BCUT2D eigenvalue weighted by molar-refractivity contribution is 0.0984. The van der Waals surface area contributed by atoms with E-state index < -0.39 is 0 Å². The SMILES string of the molecule is CCOc1cc(C)c(Cl)c(C)c1C(=O)CC. The summed E-state index contributed by atoms with van der Waals surface area (Å²) in [4.78, 5) is 11.9. The quantitative estimate of drug-likeness (QED) is 0.745. The van der Waals surface area contributed by atoms with Gasteiger partial charge in [-0.2, -0.15) is 0 Å². The van der Waals surface area contributed by atoms with Crippen molar-refractivity contribution in [3.05, 3.63) is 27.8 Å². The first-order chi connectivity index (χ1) is 7.52. The molecule has 1 aromatic carbocycles. The van der Waals surface area contributed by atoms with Crippen molar-refractivity contribution in [2.24, 2.45) is 0 Å². The summed E-state index contributed by atoms with van der Waals surface area (Å²) in [5, 5.41) is 0.653. The molecule has 0 radical (unpaired) electrons. The van der Waals surface area contributed by atoms with Crippen LogP contribution >= 0.6 is 11.6 Å². The van der Waals surface area contributed by atoms with Gasteiger partial charge in [-0.05, 0) is 38.0 Å². The molecule has 0 atom stereocenters. The highest BCUT2D eigenvalue weighted by molar-refractivity contribution is 6.32. The van der Waals surface area contributed by atoms with Gasteiger partial charge in [0.25, 0.3) is 0 Å². The van der Waals surface area contributed by atoms with Gasteiger partial charge in [0.15, 0.2) is 5.78 Å². The number of ether oxygens (including phenoxy) is 1. The van der Waals surface area contributed by atoms with E-state index in [4.69, 9.17) is 16.3 Å². The molecular formula is C13H17ClO2. The van der Waals surface area contributed by atoms with Crippen LogP contribution in [-0.4, -0.2) is 12.4 Å². The van der Waals surface area contributed by atoms with E-state index in [9.17, 15) is 4.79 Å². The molecule has 0 amide bonds. The third-order valence-electron chi connectivity index (χ3n) is 2.54. The summed E-state index contributed by atoms with van der Waals surface area (Å²) < 4.78 is 5.50. The van der Waals surface area contributed by atoms with Crippen LogP contribution in [-0.2, 0) is 0 Å². The Hall–Kier alpha value is -1.02. The molecule has 2 nitrogen and oxygen atoms in total. The Morgan fingerprint density at radius 2 is 2.00 bits per heavy atom. The van der Waals surface area contributed by atoms with Gasteiger partial charge < -0.3 is 4.74 Å². The van der Waals surface area contributed by atoms with Crippen LogP contribution in [0, 0.1) is 13.8 Å². The summed E-state index contributed by atoms with van der Waals surface area (Å²) in [5.41, 5.74) is 2.38. The Morgan fingerprint density at radius 1 is 1.38 bits per heavy atom. The molecule has 0 aliphatic heterocycles. The monoisotopic (exact) mass is 240 g/mol. The molecule has 0 aromatic heterocycles. The van der Waals surface area contributed by atoms with Gasteiger partial charge in [-0.1, -0.05) is 18.5 Å². The zero-order chi connectivity index (χ0) is 12.3. The zero-order valence-electron chi connectivity index (χ0n) is 10.2. The summed E-state index contributed by atoms with van der Waals surface area (Å²) in [6.07, 6.45) is 0.459. The Labute approximate surface area is 102 Å². The molecular weight excluding hydrogens is 224 g/mol. The maximum absolute atomic E-state index is 11.9. The second-order valence-electron chi connectivity index (χ2n) is 3.72. The highest BCUT2D eigenvalue weighted by Gasteiger charge is 2.17. The van der Waals surface area contributed by atoms with Crippen LogP contribution in [0.4, 0.5) is 0 Å². The molecule has 0 N–H and O–H groups in total. The van der Waals surface area contributed by atoms with Gasteiger partial charge >= 0.3 is 0 Å². The Balaban J connectivity index is 3.41. The standard InChI is InChI=1S/C13H17ClO2/c1-5-10(15)12-9(4)13(14)8(3)7-11(12)16-6-2/h7H,5-6H2,1-4H3. The van der Waals surface area contributed by atoms with Crippen molar-refractivity contribution in [1.29, 1.82) is 0 Å². The van der Waals surface area contributed by atoms with Crippen LogP contribution < -0.4 is 4.74 Å². The Bertz CT molecular complexity index is 411. The van der Waals surface area contributed by atoms with E-state index in [0.29, 0.717) is 29.4 Å². The summed E-state index contributed by atoms with van der Waals surface area (Å²) in [7, 11) is 0. The molecule has 0 heterocycles. The topological polar surface area (TPSA) is 26.3 Å². The number of rotatable bonds is 4. The van der Waals surface area contributed by atoms with Crippen LogP contribution in [0.5, 0.6) is 5.75 Å². The number of Topliss-reactive ketones (excluding diaryl/α,β-unsaturated/α-hetero) is 1. The smallest absolute Gasteiger partial charge is 0.166 e. The van der Waals surface area contributed by atoms with Crippen molar-refractivity contribution in [3.8, 4) is 5.75 Å². The van der Waals surface area contributed by atoms with Crippen LogP contribution in [0.1, 0.15) is 41.8 Å². The van der Waals surface area contributed by atoms with Crippen molar-refractivity contribution in [2.45, 2.75) is 34.1 Å². The van der Waals surface area contributed by atoms with Crippen molar-refractivity contribution < 1.29 is 9.53 Å². The number of carbonyl (C=O) groups excluding carboxylic acids is 1. The van der Waals surface area contributed by atoms with Gasteiger partial charge in [-0.25, -0.2) is 0 Å². The molecule has 0 bridgehead atoms. The van der Waals surface area contributed by atoms with E-state index >= 15 is 0 Å². The largest absolute Gasteiger partial charge is 0.493 e. The molecule has 1 aromatic rings. The first-order valence-corrected chi connectivity index (χ1v) is 5.86. The number of ketones is 1. The minimum absolute atomic E-state index is 0.0721. The Morgan fingerprint density at radius 3 is 2.50 bits per heavy atom. The molecule has 0 unspecified atom stereocenters. The van der Waals surface area contributed by atoms with Gasteiger partial charge in [-0.3, -0.25) is 4.79 Å². The number of aryl methyl sites for hydroxylation is 1. The van der Waals surface area contributed by atoms with Gasteiger partial charge in [0, 0.05) is 11.4 Å². The van der Waals surface area contributed by atoms with E-state index in [2.05, 4.69) is 0 Å². The predicted octanol–water partition coefficient (Wildman–Crippen LogP) is 3.95. The fraction of sp³-hybridized carbons (Fsp3) is 0.462. The average molecular weight is 241 g/mol. The van der Waals surface area contributed by atoms with Crippen LogP contribution in [0.25, 0.3) is 0 Å². The van der Waals surface area contributed by atoms with Gasteiger partial charge in [0.1, 0.15) is 5.75 Å². The minimum Gasteiger partial charge on any atom is -0.493 e. The van der Waals surface area contributed by atoms with Crippen molar-refractivity contribution in [2.75, 3.05) is 6.61 Å². The average Bonchev–Trinajstić information content (AvgIpc) is 2.26. The highest BCUT2D eigenvalue weighted by Crippen LogP contribution is 2.32. The summed E-state index contributed by atoms with van der Waals surface area (Å²) in [6.45, 7) is 8.06. The first-order valence-electron chi connectivity index (χ1n) is 5.48. The molecule has 0 aliphatic carbocycles. The molecule has 0 spiro atoms. The van der Waals surface area contributed by atoms with Crippen molar-refractivity contribution >= 4 is 17.4 Å². The Kier molecular flexibility index (Phi) is 4.36. The fourth-order valence-corrected chi connectivity index (χ4v) is 1.86. The molecule has 88 valence electrons. The molecule has 0 saturated heterocycles. The molecule has 0 saturated carbocycles. The number of benzene rings is 1. The maximum atomic E-state index is 11.9. The van der Waals surface area contributed by atoms with E-state index in [0.717, 1.165) is 11.1 Å². The molecule has 1 rings (SSSR count). The third kappa shape index (κ3) is 2.38. The lowest BCUT2D eigenvalue weighted by atomic mass is 9.99. The summed E-state index contributed by atoms with van der Waals surface area (Å²) >= 11 is 6.15. The molecule has 3 heteroatoms. The van der Waals surface area contributed by atoms with E-state index in [1.807, 2.05) is 33.8 Å². The normalized spacial score (nSPS) is 10.3. The van der Waals surface area contributed by atoms with E-state index in [1.54, 1.807) is 0 Å². The fourth-order valence-electron chi connectivity index (χ4n) is 1.72. The molecule has 0 aliphatic rings. The van der Waals surface area contributed by atoms with E-state index in [1.165, 1.54) is 0 Å². The van der Waals surface area contributed by atoms with E-state index in [-0.39, 0.29) is 5.78 Å². The van der Waals surface area contributed by atoms with Crippen LogP contribution in [0.15, 0.2) is 6.07 Å². The van der Waals surface area contributed by atoms with Crippen LogP contribution in [0.3, 0.4) is 0 Å². The lowest BCUT2D eigenvalue weighted by Crippen LogP contribution is -2.06. The first kappa shape index (κ1) is 13.0. The number of halogens is 1. The number of carbonyl (C=O) groups is 1. The van der Waals surface area contributed by atoms with Crippen molar-refractivity contribution in [3.63, 3.8) is 0 Å². The van der Waals surface area contributed by atoms with Gasteiger partial charge in [-0.15, -0.1) is 0 Å². The second kappa shape index (κ2) is 5.35. The summed E-state index contributed by atoms with van der Waals surface area (Å²) in [6, 6.07) is 1.84. The maximum Gasteiger partial charge on any atom is 0.166 e. The number of hydrogen-bond acceptors (Lipinski definition) is 2. The van der Waals surface area contributed by atoms with Crippen LogP contribution in [0.2, 0.25) is 5.02 Å². The van der Waals surface area contributed by atoms with Gasteiger partial charge in [0.05, 0.1) is 12.2 Å². The second-order valence-corrected chi connectivity index (χ2v) is 4.09. The highest BCUT2D eigenvalue weighted by atomic mass is 35.5. The lowest BCUT2D eigenvalue weighted by Gasteiger charge is -2.14. The molecule has 16 heavy (non-hydrogen) atoms. The third-order valence-corrected chi connectivity index (χ3v) is 3.13. The van der Waals surface area contributed by atoms with Crippen molar-refractivity contribution in [1.82, 2.24) is 0 Å². The summed E-state index contributed by atoms with van der Waals surface area (Å²) in [5.74, 6) is 0.719. The number of hydrogen-bond donors (Lipinski definition) is 0.